The highest BCUT2D eigenvalue weighted by atomic mass is 79.9. The molecule has 0 saturated carbocycles. The molecule has 2 aromatic rings. The van der Waals surface area contributed by atoms with Crippen molar-refractivity contribution in [3.05, 3.63) is 40.0 Å². The zero-order valence-corrected chi connectivity index (χ0v) is 11.4. The van der Waals surface area contributed by atoms with Crippen LogP contribution in [0.2, 0.25) is 0 Å². The van der Waals surface area contributed by atoms with Crippen LogP contribution in [0.15, 0.2) is 28.7 Å². The fourth-order valence-corrected chi connectivity index (χ4v) is 1.96. The molecule has 0 saturated heterocycles. The highest BCUT2D eigenvalue weighted by Crippen LogP contribution is 2.24. The molecule has 4 N–H and O–H groups in total. The Morgan fingerprint density at radius 1 is 1.56 bits per heavy atom. The first-order valence-corrected chi connectivity index (χ1v) is 6.30. The van der Waals surface area contributed by atoms with Gasteiger partial charge in [-0.2, -0.15) is 5.10 Å². The number of nitrogens with one attached hydrogen (secondary N) is 2. The van der Waals surface area contributed by atoms with Crippen molar-refractivity contribution in [3.8, 4) is 0 Å². The van der Waals surface area contributed by atoms with E-state index in [0.717, 1.165) is 12.1 Å². The molecule has 0 aliphatic rings. The third-order valence-electron chi connectivity index (χ3n) is 2.53. The smallest absolute Gasteiger partial charge is 0.258 e. The number of halogens is 1. The molecule has 0 fully saturated rings. The second-order valence-electron chi connectivity index (χ2n) is 3.79. The van der Waals surface area contributed by atoms with Crippen molar-refractivity contribution in [3.63, 3.8) is 0 Å². The number of carbonyl (C=O) groups excluding carboxylic acids is 1. The predicted octanol–water partition coefficient (Wildman–Crippen LogP) is 2.57. The number of aromatic nitrogens is 2. The van der Waals surface area contributed by atoms with E-state index in [1.807, 2.05) is 6.92 Å². The Balaban J connectivity index is 2.19. The first-order chi connectivity index (χ1) is 8.61. The Bertz CT molecular complexity index is 579. The van der Waals surface area contributed by atoms with Gasteiger partial charge < -0.3 is 11.1 Å². The summed E-state index contributed by atoms with van der Waals surface area (Å²) in [5.74, 6) is 0.259. The Morgan fingerprint density at radius 2 is 2.33 bits per heavy atom. The summed E-state index contributed by atoms with van der Waals surface area (Å²) >= 11 is 3.30. The van der Waals surface area contributed by atoms with E-state index in [0.29, 0.717) is 21.5 Å². The SMILES string of the molecule is CCc1cc(NC(=O)c2cccc(N)c2Br)n[nH]1. The van der Waals surface area contributed by atoms with Crippen LogP contribution in [0.3, 0.4) is 0 Å². The van der Waals surface area contributed by atoms with E-state index >= 15 is 0 Å². The summed E-state index contributed by atoms with van der Waals surface area (Å²) < 4.78 is 0.591. The van der Waals surface area contributed by atoms with E-state index in [1.165, 1.54) is 0 Å². The van der Waals surface area contributed by atoms with E-state index in [1.54, 1.807) is 24.3 Å². The van der Waals surface area contributed by atoms with Gasteiger partial charge >= 0.3 is 0 Å². The lowest BCUT2D eigenvalue weighted by Crippen LogP contribution is -2.13. The maximum absolute atomic E-state index is 12.0. The van der Waals surface area contributed by atoms with Crippen LogP contribution in [0.25, 0.3) is 0 Å². The van der Waals surface area contributed by atoms with Crippen molar-refractivity contribution in [2.24, 2.45) is 0 Å². The number of benzene rings is 1. The Morgan fingerprint density at radius 3 is 3.00 bits per heavy atom. The van der Waals surface area contributed by atoms with E-state index < -0.39 is 0 Å². The van der Waals surface area contributed by atoms with Gasteiger partial charge in [-0.15, -0.1) is 0 Å². The lowest BCUT2D eigenvalue weighted by Gasteiger charge is -2.06. The van der Waals surface area contributed by atoms with Gasteiger partial charge in [0.25, 0.3) is 5.91 Å². The molecule has 5 nitrogen and oxygen atoms in total. The third kappa shape index (κ3) is 2.53. The van der Waals surface area contributed by atoms with Crippen molar-refractivity contribution in [2.45, 2.75) is 13.3 Å². The molecular formula is C12H13BrN4O. The molecule has 0 aliphatic heterocycles. The number of anilines is 2. The quantitative estimate of drug-likeness (QED) is 0.762. The van der Waals surface area contributed by atoms with Gasteiger partial charge in [-0.1, -0.05) is 13.0 Å². The van der Waals surface area contributed by atoms with Gasteiger partial charge in [-0.25, -0.2) is 0 Å². The molecule has 1 amide bonds. The standard InChI is InChI=1S/C12H13BrN4O/c1-2-7-6-10(17-16-7)15-12(18)8-4-3-5-9(14)11(8)13/h3-6H,2,14H2,1H3,(H2,15,16,17,18). The maximum Gasteiger partial charge on any atom is 0.258 e. The second-order valence-corrected chi connectivity index (χ2v) is 4.59. The van der Waals surface area contributed by atoms with Crippen LogP contribution in [0.5, 0.6) is 0 Å². The molecule has 1 aromatic carbocycles. The molecule has 18 heavy (non-hydrogen) atoms. The molecule has 2 rings (SSSR count). The van der Waals surface area contributed by atoms with Crippen molar-refractivity contribution >= 4 is 33.3 Å². The van der Waals surface area contributed by atoms with Gasteiger partial charge in [-0.3, -0.25) is 9.89 Å². The third-order valence-corrected chi connectivity index (χ3v) is 3.41. The fourth-order valence-electron chi connectivity index (χ4n) is 1.52. The zero-order chi connectivity index (χ0) is 13.1. The number of carbonyl (C=O) groups is 1. The summed E-state index contributed by atoms with van der Waals surface area (Å²) in [5.41, 5.74) is 7.71. The normalized spacial score (nSPS) is 10.3. The van der Waals surface area contributed by atoms with Gasteiger partial charge in [0.05, 0.1) is 10.0 Å². The predicted molar refractivity (Wildman–Crippen MR) is 74.5 cm³/mol. The molecule has 0 atom stereocenters. The second kappa shape index (κ2) is 5.22. The van der Waals surface area contributed by atoms with Crippen LogP contribution in [0, 0.1) is 0 Å². The number of nitrogens with zero attached hydrogens (tertiary/aromatic N) is 1. The largest absolute Gasteiger partial charge is 0.398 e. The average molecular weight is 309 g/mol. The van der Waals surface area contributed by atoms with Gasteiger partial charge in [0.1, 0.15) is 0 Å². The molecule has 0 spiro atoms. The highest BCUT2D eigenvalue weighted by molar-refractivity contribution is 9.10. The van der Waals surface area contributed by atoms with Crippen molar-refractivity contribution in [2.75, 3.05) is 11.1 Å². The summed E-state index contributed by atoms with van der Waals surface area (Å²) in [5, 5.41) is 9.55. The summed E-state index contributed by atoms with van der Waals surface area (Å²) in [7, 11) is 0. The van der Waals surface area contributed by atoms with Crippen LogP contribution in [0.1, 0.15) is 23.0 Å². The van der Waals surface area contributed by atoms with Crippen molar-refractivity contribution in [1.29, 1.82) is 0 Å². The zero-order valence-electron chi connectivity index (χ0n) is 9.83. The minimum absolute atomic E-state index is 0.247. The van der Waals surface area contributed by atoms with E-state index in [4.69, 9.17) is 5.73 Å². The molecule has 0 unspecified atom stereocenters. The Kier molecular flexibility index (Phi) is 3.66. The number of H-pyrrole nitrogens is 1. The molecule has 6 heteroatoms. The number of nitrogen functional groups attached to an aromatic ring is 1. The molecule has 0 aliphatic carbocycles. The van der Waals surface area contributed by atoms with Gasteiger partial charge in [-0.05, 0) is 34.5 Å². The lowest BCUT2D eigenvalue weighted by molar-refractivity contribution is 0.102. The first kappa shape index (κ1) is 12.6. The number of aryl methyl sites for hydroxylation is 1. The molecular weight excluding hydrogens is 296 g/mol. The van der Waals surface area contributed by atoms with Crippen molar-refractivity contribution < 1.29 is 4.79 Å². The maximum atomic E-state index is 12.0. The van der Waals surface area contributed by atoms with Crippen LogP contribution >= 0.6 is 15.9 Å². The lowest BCUT2D eigenvalue weighted by atomic mass is 10.2. The van der Waals surface area contributed by atoms with Gasteiger partial charge in [0, 0.05) is 17.4 Å². The average Bonchev–Trinajstić information content (AvgIpc) is 2.80. The summed E-state index contributed by atoms with van der Waals surface area (Å²) in [6.07, 6.45) is 0.838. The van der Waals surface area contributed by atoms with Crippen LogP contribution < -0.4 is 11.1 Å². The van der Waals surface area contributed by atoms with E-state index in [2.05, 4.69) is 31.4 Å². The highest BCUT2D eigenvalue weighted by Gasteiger charge is 2.13. The Hall–Kier alpha value is -1.82. The summed E-state index contributed by atoms with van der Waals surface area (Å²) in [6, 6.07) is 6.96. The van der Waals surface area contributed by atoms with Crippen LogP contribution in [-0.2, 0) is 6.42 Å². The minimum atomic E-state index is -0.247. The molecule has 0 bridgehead atoms. The molecule has 1 aromatic heterocycles. The number of aromatic amines is 1. The number of hydrogen-bond acceptors (Lipinski definition) is 3. The summed E-state index contributed by atoms with van der Waals surface area (Å²) in [6.45, 7) is 2.01. The fraction of sp³-hybridized carbons (Fsp3) is 0.167. The van der Waals surface area contributed by atoms with Crippen LogP contribution in [-0.4, -0.2) is 16.1 Å². The van der Waals surface area contributed by atoms with Gasteiger partial charge in [0.15, 0.2) is 5.82 Å². The topological polar surface area (TPSA) is 83.8 Å². The van der Waals surface area contributed by atoms with Crippen molar-refractivity contribution in [1.82, 2.24) is 10.2 Å². The summed E-state index contributed by atoms with van der Waals surface area (Å²) in [4.78, 5) is 12.0. The Labute approximate surface area is 113 Å². The minimum Gasteiger partial charge on any atom is -0.398 e. The molecule has 94 valence electrons. The number of rotatable bonds is 3. The van der Waals surface area contributed by atoms with Gasteiger partial charge in [0.2, 0.25) is 0 Å². The molecule has 0 radical (unpaired) electrons. The van der Waals surface area contributed by atoms with E-state index in [9.17, 15) is 4.79 Å². The number of hydrogen-bond donors (Lipinski definition) is 3. The van der Waals surface area contributed by atoms with E-state index in [-0.39, 0.29) is 5.91 Å². The number of amides is 1. The van der Waals surface area contributed by atoms with Crippen LogP contribution in [0.4, 0.5) is 11.5 Å². The first-order valence-electron chi connectivity index (χ1n) is 5.51. The number of nitrogens with two attached hydrogens (primary N) is 1. The monoisotopic (exact) mass is 308 g/mol. The molecule has 1 heterocycles.